The van der Waals surface area contributed by atoms with Gasteiger partial charge < -0.3 is 14.4 Å². The first-order chi connectivity index (χ1) is 18.6. The number of aromatic nitrogens is 1. The van der Waals surface area contributed by atoms with E-state index >= 15 is 0 Å². The fraction of sp³-hybridized carbons (Fsp3) is 0.188. The third kappa shape index (κ3) is 6.24. The first kappa shape index (κ1) is 25.6. The summed E-state index contributed by atoms with van der Waals surface area (Å²) in [6.07, 6.45) is 8.62. The number of methoxy groups -OCH3 is 1. The highest BCUT2D eigenvalue weighted by Crippen LogP contribution is 2.33. The van der Waals surface area contributed by atoms with Crippen LogP contribution in [-0.2, 0) is 30.7 Å². The Morgan fingerprint density at radius 3 is 2.32 bits per heavy atom. The van der Waals surface area contributed by atoms with Gasteiger partial charge in [0, 0.05) is 49.4 Å². The van der Waals surface area contributed by atoms with Gasteiger partial charge in [-0.2, -0.15) is 0 Å². The summed E-state index contributed by atoms with van der Waals surface area (Å²) in [5.41, 5.74) is 5.40. The number of carbonyl (C=O) groups excluding carboxylic acids is 1. The quantitative estimate of drug-likeness (QED) is 0.233. The van der Waals surface area contributed by atoms with Crippen LogP contribution in [0.1, 0.15) is 27.8 Å². The van der Waals surface area contributed by atoms with Crippen molar-refractivity contribution in [2.24, 2.45) is 0 Å². The van der Waals surface area contributed by atoms with Crippen LogP contribution in [0.3, 0.4) is 0 Å². The molecule has 0 saturated heterocycles. The van der Waals surface area contributed by atoms with E-state index in [1.807, 2.05) is 48.5 Å². The van der Waals surface area contributed by atoms with Gasteiger partial charge in [0.15, 0.2) is 11.5 Å². The number of hydrogen-bond acceptors (Lipinski definition) is 4. The highest BCUT2D eigenvalue weighted by Gasteiger charge is 2.24. The lowest BCUT2D eigenvalue weighted by Crippen LogP contribution is -2.28. The number of pyridine rings is 1. The topological polar surface area (TPSA) is 51.7 Å². The molecular formula is C32H29ClN2O3. The molecule has 0 atom stereocenters. The van der Waals surface area contributed by atoms with E-state index in [-0.39, 0.29) is 12.0 Å². The van der Waals surface area contributed by atoms with E-state index in [4.69, 9.17) is 21.1 Å². The van der Waals surface area contributed by atoms with Gasteiger partial charge >= 0.3 is 0 Å². The summed E-state index contributed by atoms with van der Waals surface area (Å²) in [7, 11) is 1.64. The number of hydrogen-bond donors (Lipinski definition) is 0. The predicted molar refractivity (Wildman–Crippen MR) is 150 cm³/mol. The maximum Gasteiger partial charge on any atom is 0.247 e. The number of amides is 1. The molecule has 3 aromatic carbocycles. The zero-order valence-electron chi connectivity index (χ0n) is 21.2. The molecular weight excluding hydrogens is 496 g/mol. The minimum atomic E-state index is -0.121. The summed E-state index contributed by atoms with van der Waals surface area (Å²) in [5.74, 6) is 1.24. The van der Waals surface area contributed by atoms with E-state index in [9.17, 15) is 4.79 Å². The molecule has 1 heterocycles. The van der Waals surface area contributed by atoms with Gasteiger partial charge in [-0.05, 0) is 64.2 Å². The van der Waals surface area contributed by atoms with Crippen LogP contribution in [0.15, 0.2) is 97.3 Å². The van der Waals surface area contributed by atoms with Crippen molar-refractivity contribution in [2.75, 3.05) is 7.11 Å². The van der Waals surface area contributed by atoms with Crippen molar-refractivity contribution in [3.8, 4) is 11.5 Å². The SMILES string of the molecule is COc1cc(CN(Cc2ccncc2)C(=O)/C=C/c2ccccc2Cl)ccc1OC1Cc2ccccc2C1. The molecule has 0 N–H and O–H groups in total. The minimum absolute atomic E-state index is 0.0758. The number of rotatable bonds is 9. The molecule has 38 heavy (non-hydrogen) atoms. The molecule has 1 aliphatic carbocycles. The molecule has 0 unspecified atom stereocenters. The molecule has 0 spiro atoms. The number of carbonyl (C=O) groups is 1. The summed E-state index contributed by atoms with van der Waals surface area (Å²) >= 11 is 6.27. The lowest BCUT2D eigenvalue weighted by atomic mass is 10.1. The minimum Gasteiger partial charge on any atom is -0.493 e. The molecule has 0 radical (unpaired) electrons. The number of nitrogens with zero attached hydrogens (tertiary/aromatic N) is 2. The van der Waals surface area contributed by atoms with Crippen LogP contribution in [0, 0.1) is 0 Å². The fourth-order valence-corrected chi connectivity index (χ4v) is 4.91. The van der Waals surface area contributed by atoms with Gasteiger partial charge in [-0.3, -0.25) is 9.78 Å². The van der Waals surface area contributed by atoms with Crippen molar-refractivity contribution in [1.82, 2.24) is 9.88 Å². The Morgan fingerprint density at radius 1 is 0.921 bits per heavy atom. The van der Waals surface area contributed by atoms with Crippen LogP contribution in [0.25, 0.3) is 6.08 Å². The van der Waals surface area contributed by atoms with Crippen LogP contribution >= 0.6 is 11.6 Å². The molecule has 0 saturated carbocycles. The van der Waals surface area contributed by atoms with Gasteiger partial charge in [-0.25, -0.2) is 0 Å². The average molecular weight is 525 g/mol. The lowest BCUT2D eigenvalue weighted by Gasteiger charge is -2.23. The zero-order valence-corrected chi connectivity index (χ0v) is 22.0. The van der Waals surface area contributed by atoms with E-state index < -0.39 is 0 Å². The average Bonchev–Trinajstić information content (AvgIpc) is 3.36. The van der Waals surface area contributed by atoms with E-state index in [2.05, 4.69) is 29.2 Å². The Hall–Kier alpha value is -4.09. The molecule has 4 aromatic rings. The van der Waals surface area contributed by atoms with Crippen molar-refractivity contribution in [2.45, 2.75) is 32.0 Å². The third-order valence-corrected chi connectivity index (χ3v) is 7.00. The largest absolute Gasteiger partial charge is 0.493 e. The molecule has 1 aliphatic rings. The Kier molecular flexibility index (Phi) is 8.05. The summed E-state index contributed by atoms with van der Waals surface area (Å²) in [5, 5.41) is 0.600. The molecule has 5 rings (SSSR count). The first-order valence-electron chi connectivity index (χ1n) is 12.6. The molecule has 1 aromatic heterocycles. The second-order valence-corrected chi connectivity index (χ2v) is 9.71. The second kappa shape index (κ2) is 12.0. The van der Waals surface area contributed by atoms with Crippen molar-refractivity contribution in [1.29, 1.82) is 0 Å². The van der Waals surface area contributed by atoms with E-state index in [0.29, 0.717) is 29.6 Å². The normalized spacial score (nSPS) is 12.9. The van der Waals surface area contributed by atoms with Gasteiger partial charge in [0.1, 0.15) is 6.10 Å². The van der Waals surface area contributed by atoms with Crippen LogP contribution < -0.4 is 9.47 Å². The Morgan fingerprint density at radius 2 is 1.61 bits per heavy atom. The van der Waals surface area contributed by atoms with E-state index in [1.54, 1.807) is 42.6 Å². The Balaban J connectivity index is 1.33. The van der Waals surface area contributed by atoms with Crippen LogP contribution in [0.4, 0.5) is 0 Å². The summed E-state index contributed by atoms with van der Waals surface area (Å²) < 4.78 is 12.0. The summed E-state index contributed by atoms with van der Waals surface area (Å²) in [4.78, 5) is 19.2. The van der Waals surface area contributed by atoms with Gasteiger partial charge in [-0.15, -0.1) is 0 Å². The second-order valence-electron chi connectivity index (χ2n) is 9.31. The van der Waals surface area contributed by atoms with E-state index in [0.717, 1.165) is 29.5 Å². The molecule has 0 fully saturated rings. The molecule has 5 nitrogen and oxygen atoms in total. The van der Waals surface area contributed by atoms with Crippen LogP contribution in [-0.4, -0.2) is 29.0 Å². The standard InChI is InChI=1S/C32H29ClN2O3/c1-37-31-18-24(10-12-30(31)38-28-19-26-7-2-3-8-27(26)20-28)22-35(21-23-14-16-34-17-15-23)32(36)13-11-25-6-4-5-9-29(25)33/h2-18,28H,19-22H2,1H3/b13-11+. The molecule has 0 aliphatic heterocycles. The molecule has 0 bridgehead atoms. The van der Waals surface area contributed by atoms with Crippen LogP contribution in [0.2, 0.25) is 5.02 Å². The van der Waals surface area contributed by atoms with Gasteiger partial charge in [0.25, 0.3) is 0 Å². The molecule has 6 heteroatoms. The molecule has 1 amide bonds. The van der Waals surface area contributed by atoms with Crippen molar-refractivity contribution in [3.05, 3.63) is 130 Å². The third-order valence-electron chi connectivity index (χ3n) is 6.65. The smallest absolute Gasteiger partial charge is 0.247 e. The number of fused-ring (bicyclic) bond motifs is 1. The highest BCUT2D eigenvalue weighted by atomic mass is 35.5. The maximum atomic E-state index is 13.3. The lowest BCUT2D eigenvalue weighted by molar-refractivity contribution is -0.127. The number of halogens is 1. The summed E-state index contributed by atoms with van der Waals surface area (Å²) in [6.45, 7) is 0.842. The highest BCUT2D eigenvalue weighted by molar-refractivity contribution is 6.32. The number of benzene rings is 3. The van der Waals surface area contributed by atoms with E-state index in [1.165, 1.54) is 11.1 Å². The fourth-order valence-electron chi connectivity index (χ4n) is 4.71. The first-order valence-corrected chi connectivity index (χ1v) is 13.0. The Bertz CT molecular complexity index is 1410. The predicted octanol–water partition coefficient (Wildman–Crippen LogP) is 6.53. The monoisotopic (exact) mass is 524 g/mol. The van der Waals surface area contributed by atoms with Crippen molar-refractivity contribution in [3.63, 3.8) is 0 Å². The number of ether oxygens (including phenoxy) is 2. The van der Waals surface area contributed by atoms with Gasteiger partial charge in [0.05, 0.1) is 7.11 Å². The van der Waals surface area contributed by atoms with Gasteiger partial charge in [0.2, 0.25) is 5.91 Å². The maximum absolute atomic E-state index is 13.3. The zero-order chi connectivity index (χ0) is 26.3. The Labute approximate surface area is 228 Å². The summed E-state index contributed by atoms with van der Waals surface area (Å²) in [6, 6.07) is 25.6. The van der Waals surface area contributed by atoms with Gasteiger partial charge in [-0.1, -0.05) is 60.1 Å². The molecule has 192 valence electrons. The van der Waals surface area contributed by atoms with Crippen LogP contribution in [0.5, 0.6) is 11.5 Å². The van der Waals surface area contributed by atoms with Crippen molar-refractivity contribution >= 4 is 23.6 Å². The van der Waals surface area contributed by atoms with Crippen molar-refractivity contribution < 1.29 is 14.3 Å².